The first-order chi connectivity index (χ1) is 9.15. The fraction of sp³-hybridized carbons (Fsp3) is 0.933. The van der Waals surface area contributed by atoms with Crippen LogP contribution >= 0.6 is 0 Å². The summed E-state index contributed by atoms with van der Waals surface area (Å²) in [5.74, 6) is 1.95. The molecule has 2 saturated carbocycles. The topological polar surface area (TPSA) is 72.3 Å². The van der Waals surface area contributed by atoms with Crippen LogP contribution in [0.25, 0.3) is 0 Å². The van der Waals surface area contributed by atoms with Crippen LogP contribution in [0.1, 0.15) is 44.9 Å². The standard InChI is InChI=1S/C15H27N3O/c16-13-5-1-3-10(13)7-15(19)18-8-11-4-2-6-14(17)12(11)9-18/h10-14H,1-9,16-17H2/t10-,11?,12?,13+,14?/m0/s1. The Labute approximate surface area is 115 Å². The summed E-state index contributed by atoms with van der Waals surface area (Å²) < 4.78 is 0. The Balaban J connectivity index is 1.56. The quantitative estimate of drug-likeness (QED) is 0.785. The van der Waals surface area contributed by atoms with E-state index in [2.05, 4.69) is 4.90 Å². The van der Waals surface area contributed by atoms with Gasteiger partial charge in [0.15, 0.2) is 0 Å². The predicted octanol–water partition coefficient (Wildman–Crippen LogP) is 1.09. The molecule has 0 aromatic heterocycles. The van der Waals surface area contributed by atoms with E-state index in [0.717, 1.165) is 32.4 Å². The Hall–Kier alpha value is -0.610. The summed E-state index contributed by atoms with van der Waals surface area (Å²) in [5, 5.41) is 0. The molecule has 0 spiro atoms. The van der Waals surface area contributed by atoms with Gasteiger partial charge in [-0.1, -0.05) is 12.8 Å². The van der Waals surface area contributed by atoms with Crippen molar-refractivity contribution in [2.45, 2.75) is 57.0 Å². The van der Waals surface area contributed by atoms with Crippen LogP contribution in [0.2, 0.25) is 0 Å². The summed E-state index contributed by atoms with van der Waals surface area (Å²) in [4.78, 5) is 14.5. The highest BCUT2D eigenvalue weighted by atomic mass is 16.2. The lowest BCUT2D eigenvalue weighted by Crippen LogP contribution is -2.38. The Morgan fingerprint density at radius 3 is 2.42 bits per heavy atom. The van der Waals surface area contributed by atoms with E-state index in [1.54, 1.807) is 0 Å². The van der Waals surface area contributed by atoms with Crippen LogP contribution in [0.5, 0.6) is 0 Å². The maximum Gasteiger partial charge on any atom is 0.222 e. The summed E-state index contributed by atoms with van der Waals surface area (Å²) >= 11 is 0. The average molecular weight is 265 g/mol. The molecule has 1 aliphatic heterocycles. The molecule has 0 radical (unpaired) electrons. The number of fused-ring (bicyclic) bond motifs is 1. The molecule has 0 bridgehead atoms. The summed E-state index contributed by atoms with van der Waals surface area (Å²) in [5.41, 5.74) is 12.3. The van der Waals surface area contributed by atoms with Gasteiger partial charge in [0.25, 0.3) is 0 Å². The van der Waals surface area contributed by atoms with Gasteiger partial charge in [-0.25, -0.2) is 0 Å². The smallest absolute Gasteiger partial charge is 0.222 e. The molecule has 4 heteroatoms. The van der Waals surface area contributed by atoms with E-state index >= 15 is 0 Å². The number of hydrogen-bond donors (Lipinski definition) is 2. The molecule has 19 heavy (non-hydrogen) atoms. The van der Waals surface area contributed by atoms with Gasteiger partial charge in [-0.15, -0.1) is 0 Å². The lowest BCUT2D eigenvalue weighted by atomic mass is 9.78. The van der Waals surface area contributed by atoms with Gasteiger partial charge in [-0.3, -0.25) is 4.79 Å². The molecule has 2 aliphatic carbocycles. The van der Waals surface area contributed by atoms with Crippen molar-refractivity contribution in [1.29, 1.82) is 0 Å². The number of carbonyl (C=O) groups is 1. The molecule has 1 heterocycles. The highest BCUT2D eigenvalue weighted by Crippen LogP contribution is 2.36. The van der Waals surface area contributed by atoms with Gasteiger partial charge in [0.2, 0.25) is 5.91 Å². The van der Waals surface area contributed by atoms with Gasteiger partial charge in [0.1, 0.15) is 0 Å². The fourth-order valence-electron chi connectivity index (χ4n) is 4.39. The first-order valence-electron chi connectivity index (χ1n) is 7.94. The average Bonchev–Trinajstić information content (AvgIpc) is 2.97. The number of carbonyl (C=O) groups excluding carboxylic acids is 1. The van der Waals surface area contributed by atoms with Gasteiger partial charge in [0.05, 0.1) is 0 Å². The molecule has 4 N–H and O–H groups in total. The normalized spacial score (nSPS) is 42.4. The highest BCUT2D eigenvalue weighted by molar-refractivity contribution is 5.77. The molecule has 108 valence electrons. The third-order valence-corrected chi connectivity index (χ3v) is 5.66. The van der Waals surface area contributed by atoms with E-state index in [9.17, 15) is 4.79 Å². The lowest BCUT2D eigenvalue weighted by Gasteiger charge is -2.29. The van der Waals surface area contributed by atoms with Gasteiger partial charge in [0, 0.05) is 31.6 Å². The molecule has 3 fully saturated rings. The number of nitrogens with zero attached hydrogens (tertiary/aromatic N) is 1. The summed E-state index contributed by atoms with van der Waals surface area (Å²) in [6.45, 7) is 1.84. The van der Waals surface area contributed by atoms with E-state index in [0.29, 0.717) is 36.1 Å². The number of nitrogens with two attached hydrogens (primary N) is 2. The Morgan fingerprint density at radius 2 is 1.74 bits per heavy atom. The van der Waals surface area contributed by atoms with E-state index in [4.69, 9.17) is 11.5 Å². The Bertz CT molecular complexity index is 346. The maximum absolute atomic E-state index is 12.4. The van der Waals surface area contributed by atoms with E-state index in [-0.39, 0.29) is 6.04 Å². The lowest BCUT2D eigenvalue weighted by molar-refractivity contribution is -0.131. The first kappa shape index (κ1) is 13.4. The molecule has 3 rings (SSSR count). The minimum absolute atomic E-state index is 0.246. The number of hydrogen-bond acceptors (Lipinski definition) is 3. The molecular weight excluding hydrogens is 238 g/mol. The van der Waals surface area contributed by atoms with Crippen LogP contribution in [0.3, 0.4) is 0 Å². The second-order valence-corrected chi connectivity index (χ2v) is 6.88. The summed E-state index contributed by atoms with van der Waals surface area (Å²) in [7, 11) is 0. The highest BCUT2D eigenvalue weighted by Gasteiger charge is 2.41. The zero-order valence-electron chi connectivity index (χ0n) is 11.8. The van der Waals surface area contributed by atoms with Crippen molar-refractivity contribution in [3.8, 4) is 0 Å². The first-order valence-corrected chi connectivity index (χ1v) is 7.94. The molecule has 3 aliphatic rings. The Kier molecular flexibility index (Phi) is 3.81. The molecule has 5 atom stereocenters. The molecule has 0 aromatic carbocycles. The third kappa shape index (κ3) is 2.65. The van der Waals surface area contributed by atoms with Crippen LogP contribution in [-0.4, -0.2) is 36.0 Å². The third-order valence-electron chi connectivity index (χ3n) is 5.66. The van der Waals surface area contributed by atoms with Crippen molar-refractivity contribution in [3.63, 3.8) is 0 Å². The van der Waals surface area contributed by atoms with E-state index in [1.807, 2.05) is 0 Å². The van der Waals surface area contributed by atoms with Crippen LogP contribution in [-0.2, 0) is 4.79 Å². The van der Waals surface area contributed by atoms with Crippen molar-refractivity contribution in [3.05, 3.63) is 0 Å². The van der Waals surface area contributed by atoms with Crippen molar-refractivity contribution in [1.82, 2.24) is 4.90 Å². The number of rotatable bonds is 2. The van der Waals surface area contributed by atoms with Crippen LogP contribution in [0, 0.1) is 17.8 Å². The van der Waals surface area contributed by atoms with E-state index < -0.39 is 0 Å². The molecular formula is C15H27N3O. The van der Waals surface area contributed by atoms with Crippen LogP contribution in [0.4, 0.5) is 0 Å². The van der Waals surface area contributed by atoms with Crippen LogP contribution in [0.15, 0.2) is 0 Å². The SMILES string of the molecule is NC1CCCC2CN(C(=O)C[C@@H]3CCC[C@H]3N)CC12. The Morgan fingerprint density at radius 1 is 1.00 bits per heavy atom. The molecule has 3 unspecified atom stereocenters. The zero-order chi connectivity index (χ0) is 13.4. The van der Waals surface area contributed by atoms with Gasteiger partial charge in [-0.05, 0) is 43.4 Å². The second-order valence-electron chi connectivity index (χ2n) is 6.88. The summed E-state index contributed by atoms with van der Waals surface area (Å²) in [6.07, 6.45) is 7.70. The van der Waals surface area contributed by atoms with Gasteiger partial charge in [-0.2, -0.15) is 0 Å². The van der Waals surface area contributed by atoms with Crippen molar-refractivity contribution >= 4 is 5.91 Å². The zero-order valence-corrected chi connectivity index (χ0v) is 11.8. The van der Waals surface area contributed by atoms with Gasteiger partial charge < -0.3 is 16.4 Å². The van der Waals surface area contributed by atoms with Crippen LogP contribution < -0.4 is 11.5 Å². The van der Waals surface area contributed by atoms with Crippen molar-refractivity contribution < 1.29 is 4.79 Å². The second kappa shape index (κ2) is 5.41. The maximum atomic E-state index is 12.4. The van der Waals surface area contributed by atoms with Crippen molar-refractivity contribution in [2.75, 3.05) is 13.1 Å². The van der Waals surface area contributed by atoms with Crippen molar-refractivity contribution in [2.24, 2.45) is 29.2 Å². The predicted molar refractivity (Wildman–Crippen MR) is 75.3 cm³/mol. The molecule has 1 saturated heterocycles. The fourth-order valence-corrected chi connectivity index (χ4v) is 4.39. The minimum Gasteiger partial charge on any atom is -0.342 e. The van der Waals surface area contributed by atoms with E-state index in [1.165, 1.54) is 19.3 Å². The molecule has 0 aromatic rings. The molecule has 1 amide bonds. The number of amides is 1. The minimum atomic E-state index is 0.246. The molecule has 4 nitrogen and oxygen atoms in total. The largest absolute Gasteiger partial charge is 0.342 e. The van der Waals surface area contributed by atoms with Gasteiger partial charge >= 0.3 is 0 Å². The number of likely N-dealkylation sites (tertiary alicyclic amines) is 1. The summed E-state index contributed by atoms with van der Waals surface area (Å²) in [6, 6.07) is 0.557. The monoisotopic (exact) mass is 265 g/mol.